The minimum Gasteiger partial charge on any atom is -0.497 e. The van der Waals surface area contributed by atoms with Gasteiger partial charge in [0.1, 0.15) is 11.4 Å². The maximum Gasteiger partial charge on any atom is 0.419 e. The summed E-state index contributed by atoms with van der Waals surface area (Å²) in [4.78, 5) is 15.4. The fourth-order valence-corrected chi connectivity index (χ4v) is 4.55. The van der Waals surface area contributed by atoms with Crippen molar-refractivity contribution in [3.8, 4) is 5.75 Å². The number of amides is 1. The van der Waals surface area contributed by atoms with Gasteiger partial charge in [-0.3, -0.25) is 0 Å². The zero-order valence-corrected chi connectivity index (χ0v) is 19.6. The smallest absolute Gasteiger partial charge is 0.419 e. The number of allylic oxidation sites excluding steroid dienone is 1. The molecular formula is C28H33NO3. The van der Waals surface area contributed by atoms with E-state index in [-0.39, 0.29) is 6.09 Å². The Labute approximate surface area is 191 Å². The van der Waals surface area contributed by atoms with E-state index < -0.39 is 5.60 Å². The first kappa shape index (κ1) is 22.2. The van der Waals surface area contributed by atoms with Gasteiger partial charge in [0.05, 0.1) is 12.8 Å². The quantitative estimate of drug-likeness (QED) is 0.509. The van der Waals surface area contributed by atoms with Crippen LogP contribution in [0.15, 0.2) is 54.2 Å². The number of rotatable bonds is 3. The summed E-state index contributed by atoms with van der Waals surface area (Å²) in [6.45, 7) is 5.75. The van der Waals surface area contributed by atoms with Gasteiger partial charge in [0.25, 0.3) is 0 Å². The standard InChI is InChI=1S/C28H33NO3/c1-28(2,3)32-27(30)29-25(21-10-6-5-7-11-21)19-22-12-8-9-13-24(22)26(29)18-20-14-16-23(31-4)17-15-20/h8-9,12-19,21H,5-7,10-11H2,1-4H3/b26-18+. The zero-order chi connectivity index (χ0) is 22.7. The molecule has 1 amide bonds. The van der Waals surface area contributed by atoms with Crippen molar-refractivity contribution in [2.24, 2.45) is 5.92 Å². The molecule has 0 saturated heterocycles. The fourth-order valence-electron chi connectivity index (χ4n) is 4.55. The lowest BCUT2D eigenvalue weighted by atomic mass is 9.83. The molecule has 0 spiro atoms. The number of ether oxygens (including phenoxy) is 2. The predicted molar refractivity (Wildman–Crippen MR) is 130 cm³/mol. The van der Waals surface area contributed by atoms with Gasteiger partial charge in [0.2, 0.25) is 0 Å². The minimum atomic E-state index is -0.572. The van der Waals surface area contributed by atoms with E-state index in [2.05, 4.69) is 30.4 Å². The maximum absolute atomic E-state index is 13.6. The molecule has 0 N–H and O–H groups in total. The molecule has 1 saturated carbocycles. The highest BCUT2D eigenvalue weighted by molar-refractivity contribution is 5.97. The molecule has 1 fully saturated rings. The van der Waals surface area contributed by atoms with Gasteiger partial charge in [-0.15, -0.1) is 0 Å². The minimum absolute atomic E-state index is 0.316. The average molecular weight is 432 g/mol. The van der Waals surface area contributed by atoms with Crippen LogP contribution in [0.2, 0.25) is 0 Å². The van der Waals surface area contributed by atoms with Crippen molar-refractivity contribution in [3.05, 3.63) is 70.9 Å². The van der Waals surface area contributed by atoms with E-state index in [1.54, 1.807) is 7.11 Å². The average Bonchev–Trinajstić information content (AvgIpc) is 2.78. The normalized spacial score (nSPS) is 18.2. The Morgan fingerprint density at radius 1 is 1.00 bits per heavy atom. The molecule has 0 radical (unpaired) electrons. The zero-order valence-electron chi connectivity index (χ0n) is 19.6. The Hall–Kier alpha value is -3.01. The second-order valence-corrected chi connectivity index (χ2v) is 9.61. The van der Waals surface area contributed by atoms with Gasteiger partial charge in [-0.2, -0.15) is 0 Å². The van der Waals surface area contributed by atoms with Crippen LogP contribution in [0.1, 0.15) is 69.6 Å². The lowest BCUT2D eigenvalue weighted by Gasteiger charge is -2.38. The molecular weight excluding hydrogens is 398 g/mol. The molecule has 0 unspecified atom stereocenters. The molecule has 2 aliphatic rings. The molecule has 4 rings (SSSR count). The number of hydrogen-bond acceptors (Lipinski definition) is 3. The fraction of sp³-hybridized carbons (Fsp3) is 0.393. The lowest BCUT2D eigenvalue weighted by Crippen LogP contribution is -2.38. The summed E-state index contributed by atoms with van der Waals surface area (Å²) in [6, 6.07) is 16.2. The third-order valence-corrected chi connectivity index (χ3v) is 6.06. The van der Waals surface area contributed by atoms with E-state index in [0.29, 0.717) is 5.92 Å². The summed E-state index contributed by atoms with van der Waals surface area (Å²) in [5.74, 6) is 1.16. The molecule has 0 aromatic heterocycles. The molecule has 2 aromatic carbocycles. The molecule has 4 nitrogen and oxygen atoms in total. The highest BCUT2D eigenvalue weighted by atomic mass is 16.6. The second-order valence-electron chi connectivity index (χ2n) is 9.61. The van der Waals surface area contributed by atoms with Crippen LogP contribution in [0, 0.1) is 5.92 Å². The Morgan fingerprint density at radius 2 is 1.69 bits per heavy atom. The topological polar surface area (TPSA) is 38.8 Å². The van der Waals surface area contributed by atoms with Gasteiger partial charge in [-0.05, 0) is 74.9 Å². The van der Waals surface area contributed by atoms with Crippen LogP contribution in [0.25, 0.3) is 17.8 Å². The molecule has 168 valence electrons. The second kappa shape index (κ2) is 9.23. The van der Waals surface area contributed by atoms with Crippen LogP contribution in [-0.2, 0) is 4.74 Å². The SMILES string of the molecule is COc1ccc(/C=C2\c3ccccc3C=C(C3CCCCC3)N2C(=O)OC(C)(C)C)cc1. The van der Waals surface area contributed by atoms with Gasteiger partial charge in [-0.1, -0.05) is 55.7 Å². The van der Waals surface area contributed by atoms with Crippen LogP contribution < -0.4 is 4.74 Å². The van der Waals surface area contributed by atoms with Crippen molar-refractivity contribution >= 4 is 23.9 Å². The first-order valence-corrected chi connectivity index (χ1v) is 11.6. The monoisotopic (exact) mass is 431 g/mol. The van der Waals surface area contributed by atoms with Crippen LogP contribution >= 0.6 is 0 Å². The number of nitrogens with zero attached hydrogens (tertiary/aromatic N) is 1. The Bertz CT molecular complexity index is 1020. The van der Waals surface area contributed by atoms with E-state index in [1.807, 2.05) is 56.0 Å². The predicted octanol–water partition coefficient (Wildman–Crippen LogP) is 7.37. The number of hydrogen-bond donors (Lipinski definition) is 0. The Morgan fingerprint density at radius 3 is 2.34 bits per heavy atom. The number of benzene rings is 2. The van der Waals surface area contributed by atoms with Gasteiger partial charge in [0, 0.05) is 11.3 Å². The molecule has 1 heterocycles. The summed E-state index contributed by atoms with van der Waals surface area (Å²) in [6.07, 6.45) is 9.82. The first-order chi connectivity index (χ1) is 15.4. The summed E-state index contributed by atoms with van der Waals surface area (Å²) in [5, 5.41) is 0. The summed E-state index contributed by atoms with van der Waals surface area (Å²) in [5.41, 5.74) is 4.53. The van der Waals surface area contributed by atoms with Gasteiger partial charge >= 0.3 is 6.09 Å². The van der Waals surface area contributed by atoms with Crippen LogP contribution in [0.3, 0.4) is 0 Å². The van der Waals surface area contributed by atoms with Crippen molar-refractivity contribution in [2.75, 3.05) is 7.11 Å². The number of fused-ring (bicyclic) bond motifs is 1. The van der Waals surface area contributed by atoms with E-state index in [1.165, 1.54) is 19.3 Å². The molecule has 1 aliphatic carbocycles. The highest BCUT2D eigenvalue weighted by Crippen LogP contribution is 2.42. The molecule has 0 bridgehead atoms. The molecule has 1 aliphatic heterocycles. The van der Waals surface area contributed by atoms with Crippen molar-refractivity contribution in [3.63, 3.8) is 0 Å². The number of carbonyl (C=O) groups is 1. The van der Waals surface area contributed by atoms with E-state index >= 15 is 0 Å². The Balaban J connectivity index is 1.85. The summed E-state index contributed by atoms with van der Waals surface area (Å²) >= 11 is 0. The molecule has 32 heavy (non-hydrogen) atoms. The molecule has 0 atom stereocenters. The van der Waals surface area contributed by atoms with E-state index in [4.69, 9.17) is 9.47 Å². The molecule has 2 aromatic rings. The van der Waals surface area contributed by atoms with E-state index in [0.717, 1.165) is 46.7 Å². The first-order valence-electron chi connectivity index (χ1n) is 11.6. The maximum atomic E-state index is 13.6. The molecule has 4 heteroatoms. The van der Waals surface area contributed by atoms with Gasteiger partial charge in [0.15, 0.2) is 0 Å². The third kappa shape index (κ3) is 4.90. The van der Waals surface area contributed by atoms with Crippen molar-refractivity contribution < 1.29 is 14.3 Å². The summed E-state index contributed by atoms with van der Waals surface area (Å²) in [7, 11) is 1.66. The van der Waals surface area contributed by atoms with Gasteiger partial charge < -0.3 is 9.47 Å². The summed E-state index contributed by atoms with van der Waals surface area (Å²) < 4.78 is 11.2. The van der Waals surface area contributed by atoms with Crippen LogP contribution in [0.5, 0.6) is 5.75 Å². The third-order valence-electron chi connectivity index (χ3n) is 6.06. The lowest BCUT2D eigenvalue weighted by molar-refractivity contribution is 0.0381. The number of methoxy groups -OCH3 is 1. The van der Waals surface area contributed by atoms with Gasteiger partial charge in [-0.25, -0.2) is 9.69 Å². The highest BCUT2D eigenvalue weighted by Gasteiger charge is 2.35. The van der Waals surface area contributed by atoms with Crippen molar-refractivity contribution in [2.45, 2.75) is 58.5 Å². The largest absolute Gasteiger partial charge is 0.497 e. The van der Waals surface area contributed by atoms with Crippen LogP contribution in [0.4, 0.5) is 4.79 Å². The van der Waals surface area contributed by atoms with Crippen LogP contribution in [-0.4, -0.2) is 23.7 Å². The van der Waals surface area contributed by atoms with E-state index in [9.17, 15) is 4.79 Å². The Kier molecular flexibility index (Phi) is 6.40. The number of carbonyl (C=O) groups excluding carboxylic acids is 1. The van der Waals surface area contributed by atoms with Crippen molar-refractivity contribution in [1.29, 1.82) is 0 Å². The van der Waals surface area contributed by atoms with Crippen molar-refractivity contribution in [1.82, 2.24) is 4.90 Å².